The highest BCUT2D eigenvalue weighted by atomic mass is 16.4. The number of aliphatic hydroxyl groups excluding tert-OH is 1. The minimum Gasteiger partial charge on any atom is -0.508 e. The molecule has 0 spiro atoms. The van der Waals surface area contributed by atoms with E-state index in [2.05, 4.69) is 5.32 Å². The van der Waals surface area contributed by atoms with Crippen LogP contribution in [0.25, 0.3) is 0 Å². The molecule has 88 valence electrons. The smallest absolute Gasteiger partial charge is 0.306 e. The lowest BCUT2D eigenvalue weighted by Crippen LogP contribution is -2.28. The van der Waals surface area contributed by atoms with Gasteiger partial charge in [-0.25, -0.2) is 0 Å². The first kappa shape index (κ1) is 12.5. The summed E-state index contributed by atoms with van der Waals surface area (Å²) in [6.45, 7) is 0.573. The molecule has 4 N–H and O–H groups in total. The number of nitrogens with one attached hydrogen (secondary N) is 1. The second-order valence-corrected chi connectivity index (χ2v) is 3.51. The molecule has 16 heavy (non-hydrogen) atoms. The van der Waals surface area contributed by atoms with Gasteiger partial charge in [0.05, 0.1) is 12.5 Å². The van der Waals surface area contributed by atoms with Gasteiger partial charge in [0.1, 0.15) is 5.75 Å². The summed E-state index contributed by atoms with van der Waals surface area (Å²) in [6.07, 6.45) is -1.20. The number of phenols is 1. The van der Waals surface area contributed by atoms with Gasteiger partial charge in [0.15, 0.2) is 0 Å². The van der Waals surface area contributed by atoms with Gasteiger partial charge in [-0.15, -0.1) is 0 Å². The number of hydrogen-bond acceptors (Lipinski definition) is 4. The number of rotatable bonds is 6. The van der Waals surface area contributed by atoms with Gasteiger partial charge in [-0.05, 0) is 6.07 Å². The molecule has 0 aliphatic carbocycles. The third-order valence-corrected chi connectivity index (χ3v) is 2.10. The number of benzene rings is 1. The number of carbonyl (C=O) groups is 1. The van der Waals surface area contributed by atoms with E-state index in [-0.39, 0.29) is 18.7 Å². The summed E-state index contributed by atoms with van der Waals surface area (Å²) in [5.74, 6) is -0.848. The van der Waals surface area contributed by atoms with E-state index in [1.807, 2.05) is 0 Å². The summed E-state index contributed by atoms with van der Waals surface area (Å²) in [5, 5.41) is 30.0. The molecule has 1 aromatic rings. The third kappa shape index (κ3) is 4.29. The zero-order chi connectivity index (χ0) is 12.0. The average molecular weight is 225 g/mol. The lowest BCUT2D eigenvalue weighted by molar-refractivity contribution is -0.139. The van der Waals surface area contributed by atoms with Gasteiger partial charge in [-0.3, -0.25) is 4.79 Å². The topological polar surface area (TPSA) is 89.8 Å². The summed E-state index contributed by atoms with van der Waals surface area (Å²) in [4.78, 5) is 10.3. The first-order valence-corrected chi connectivity index (χ1v) is 4.97. The van der Waals surface area contributed by atoms with E-state index in [1.165, 1.54) is 0 Å². The minimum atomic E-state index is -1.03. The van der Waals surface area contributed by atoms with E-state index >= 15 is 0 Å². The fourth-order valence-corrected chi connectivity index (χ4v) is 1.31. The quantitative estimate of drug-likeness (QED) is 0.559. The second-order valence-electron chi connectivity index (χ2n) is 3.51. The molecular formula is C11H15NO4. The van der Waals surface area contributed by atoms with E-state index in [0.29, 0.717) is 12.1 Å². The molecule has 0 saturated heterocycles. The van der Waals surface area contributed by atoms with Crippen LogP contribution in [0, 0.1) is 0 Å². The van der Waals surface area contributed by atoms with Crippen molar-refractivity contribution in [2.75, 3.05) is 6.54 Å². The molecule has 0 bridgehead atoms. The van der Waals surface area contributed by atoms with Crippen LogP contribution in [0.1, 0.15) is 12.0 Å². The van der Waals surface area contributed by atoms with Crippen LogP contribution in [-0.2, 0) is 11.3 Å². The molecule has 1 atom stereocenters. The van der Waals surface area contributed by atoms with Crippen LogP contribution in [0.3, 0.4) is 0 Å². The Labute approximate surface area is 93.4 Å². The van der Waals surface area contributed by atoms with Gasteiger partial charge in [0.25, 0.3) is 0 Å². The molecular weight excluding hydrogens is 210 g/mol. The van der Waals surface area contributed by atoms with Gasteiger partial charge >= 0.3 is 5.97 Å². The van der Waals surface area contributed by atoms with Crippen molar-refractivity contribution in [2.45, 2.75) is 19.1 Å². The Balaban J connectivity index is 2.30. The standard InChI is InChI=1S/C11H15NO4/c13-9(5-11(15)16)7-12-6-8-3-1-2-4-10(8)14/h1-4,9,12-14H,5-7H2,(H,15,16). The molecule has 1 rings (SSSR count). The first-order chi connectivity index (χ1) is 7.59. The SMILES string of the molecule is O=C(O)CC(O)CNCc1ccccc1O. The summed E-state index contributed by atoms with van der Waals surface area (Å²) in [7, 11) is 0. The number of phenolic OH excluding ortho intramolecular Hbond substituents is 1. The largest absolute Gasteiger partial charge is 0.508 e. The van der Waals surface area contributed by atoms with Crippen molar-refractivity contribution in [1.82, 2.24) is 5.32 Å². The average Bonchev–Trinajstić information content (AvgIpc) is 2.19. The fraction of sp³-hybridized carbons (Fsp3) is 0.364. The summed E-state index contributed by atoms with van der Waals surface area (Å²) >= 11 is 0. The molecule has 0 saturated carbocycles. The number of aliphatic hydroxyl groups is 1. The Kier molecular flexibility index (Phi) is 4.75. The molecule has 0 fully saturated rings. The molecule has 1 aromatic carbocycles. The molecule has 5 nitrogen and oxygen atoms in total. The highest BCUT2D eigenvalue weighted by molar-refractivity contribution is 5.67. The molecule has 0 aliphatic rings. The van der Waals surface area contributed by atoms with Crippen molar-refractivity contribution in [1.29, 1.82) is 0 Å². The molecule has 0 aromatic heterocycles. The van der Waals surface area contributed by atoms with Crippen molar-refractivity contribution in [3.05, 3.63) is 29.8 Å². The maximum atomic E-state index is 10.3. The predicted octanol–water partition coefficient (Wildman–Crippen LogP) is 0.317. The zero-order valence-electron chi connectivity index (χ0n) is 8.76. The number of para-hydroxylation sites is 1. The Morgan fingerprint density at radius 3 is 2.69 bits per heavy atom. The van der Waals surface area contributed by atoms with E-state index in [9.17, 15) is 15.0 Å². The van der Waals surface area contributed by atoms with E-state index in [0.717, 1.165) is 0 Å². The van der Waals surface area contributed by atoms with Gasteiger partial charge in [0.2, 0.25) is 0 Å². The number of aliphatic carboxylic acids is 1. The van der Waals surface area contributed by atoms with Crippen molar-refractivity contribution >= 4 is 5.97 Å². The molecule has 1 unspecified atom stereocenters. The van der Waals surface area contributed by atoms with Crippen molar-refractivity contribution in [3.8, 4) is 5.75 Å². The first-order valence-electron chi connectivity index (χ1n) is 4.97. The van der Waals surface area contributed by atoms with Crippen LogP contribution >= 0.6 is 0 Å². The van der Waals surface area contributed by atoms with Crippen LogP contribution in [0.15, 0.2) is 24.3 Å². The monoisotopic (exact) mass is 225 g/mol. The van der Waals surface area contributed by atoms with E-state index < -0.39 is 12.1 Å². The maximum absolute atomic E-state index is 10.3. The molecule has 0 radical (unpaired) electrons. The maximum Gasteiger partial charge on any atom is 0.306 e. The predicted molar refractivity (Wildman–Crippen MR) is 58.1 cm³/mol. The van der Waals surface area contributed by atoms with Crippen LogP contribution in [0.5, 0.6) is 5.75 Å². The molecule has 5 heteroatoms. The lowest BCUT2D eigenvalue weighted by Gasteiger charge is -2.10. The normalized spacial score (nSPS) is 12.3. The van der Waals surface area contributed by atoms with Crippen LogP contribution in [-0.4, -0.2) is 33.9 Å². The van der Waals surface area contributed by atoms with Gasteiger partial charge in [0, 0.05) is 18.7 Å². The number of carboxylic acid groups (broad SMARTS) is 1. The Bertz CT molecular complexity index is 354. The Hall–Kier alpha value is -1.59. The van der Waals surface area contributed by atoms with Crippen molar-refractivity contribution in [2.24, 2.45) is 0 Å². The van der Waals surface area contributed by atoms with Gasteiger partial charge < -0.3 is 20.6 Å². The van der Waals surface area contributed by atoms with Gasteiger partial charge in [-0.2, -0.15) is 0 Å². The Morgan fingerprint density at radius 2 is 2.06 bits per heavy atom. The van der Waals surface area contributed by atoms with Crippen LogP contribution < -0.4 is 5.32 Å². The highest BCUT2D eigenvalue weighted by Gasteiger charge is 2.08. The zero-order valence-corrected chi connectivity index (χ0v) is 8.76. The second kappa shape index (κ2) is 6.09. The van der Waals surface area contributed by atoms with E-state index in [4.69, 9.17) is 5.11 Å². The van der Waals surface area contributed by atoms with E-state index in [1.54, 1.807) is 24.3 Å². The third-order valence-electron chi connectivity index (χ3n) is 2.10. The summed E-state index contributed by atoms with van der Waals surface area (Å²) in [5.41, 5.74) is 0.713. The number of aromatic hydroxyl groups is 1. The minimum absolute atomic E-state index is 0.181. The Morgan fingerprint density at radius 1 is 1.38 bits per heavy atom. The number of hydrogen-bond donors (Lipinski definition) is 4. The van der Waals surface area contributed by atoms with Crippen LogP contribution in [0.2, 0.25) is 0 Å². The van der Waals surface area contributed by atoms with Crippen molar-refractivity contribution < 1.29 is 20.1 Å². The summed E-state index contributed by atoms with van der Waals surface area (Å²) in [6, 6.07) is 6.85. The van der Waals surface area contributed by atoms with Gasteiger partial charge in [-0.1, -0.05) is 18.2 Å². The van der Waals surface area contributed by atoms with Crippen LogP contribution in [0.4, 0.5) is 0 Å². The molecule has 0 heterocycles. The lowest BCUT2D eigenvalue weighted by atomic mass is 10.2. The summed E-state index contributed by atoms with van der Waals surface area (Å²) < 4.78 is 0. The fourth-order valence-electron chi connectivity index (χ4n) is 1.31. The molecule has 0 aliphatic heterocycles. The molecule has 0 amide bonds. The highest BCUT2D eigenvalue weighted by Crippen LogP contribution is 2.14. The van der Waals surface area contributed by atoms with Crippen molar-refractivity contribution in [3.63, 3.8) is 0 Å². The number of carboxylic acids is 1.